The molecule has 0 aliphatic carbocycles. The van der Waals surface area contributed by atoms with Crippen molar-refractivity contribution in [2.75, 3.05) is 11.9 Å². The smallest absolute Gasteiger partial charge is 0.0459 e. The summed E-state index contributed by atoms with van der Waals surface area (Å²) < 4.78 is 0. The Balaban J connectivity index is 2.11. The van der Waals surface area contributed by atoms with Crippen LogP contribution in [0, 0.1) is 6.92 Å². The van der Waals surface area contributed by atoms with E-state index in [1.807, 2.05) is 7.05 Å². The largest absolute Gasteiger partial charge is 0.338 e. The lowest BCUT2D eigenvalue weighted by atomic mass is 9.94. The maximum Gasteiger partial charge on any atom is 0.0459 e. The fourth-order valence-corrected chi connectivity index (χ4v) is 3.34. The van der Waals surface area contributed by atoms with E-state index in [1.165, 1.54) is 40.9 Å². The molecule has 0 spiro atoms. The topological polar surface area (TPSA) is 15.3 Å². The molecule has 1 N–H and O–H groups in total. The van der Waals surface area contributed by atoms with Crippen molar-refractivity contribution in [3.05, 3.63) is 59.2 Å². The summed E-state index contributed by atoms with van der Waals surface area (Å²) in [6.07, 6.45) is 2.39. The minimum absolute atomic E-state index is 0.540. The van der Waals surface area contributed by atoms with Gasteiger partial charge in [0.25, 0.3) is 0 Å². The Morgan fingerprint density at radius 1 is 1.14 bits per heavy atom. The molecule has 1 atom stereocenters. The molecular formula is C19H24N2. The number of hydrogen-bond donors (Lipinski definition) is 1. The van der Waals surface area contributed by atoms with Gasteiger partial charge in [-0.3, -0.25) is 0 Å². The van der Waals surface area contributed by atoms with Gasteiger partial charge in [0.05, 0.1) is 0 Å². The molecule has 3 rings (SSSR count). The molecule has 1 aliphatic heterocycles. The average molecular weight is 280 g/mol. The predicted octanol–water partition coefficient (Wildman–Crippen LogP) is 4.19. The molecule has 2 heteroatoms. The number of anilines is 2. The van der Waals surface area contributed by atoms with Crippen molar-refractivity contribution in [3.63, 3.8) is 0 Å². The lowest BCUT2D eigenvalue weighted by Gasteiger charge is -2.38. The molecule has 0 saturated carbocycles. The molecule has 0 amide bonds. The highest BCUT2D eigenvalue weighted by Crippen LogP contribution is 2.38. The summed E-state index contributed by atoms with van der Waals surface area (Å²) in [6.45, 7) is 5.40. The van der Waals surface area contributed by atoms with Crippen LogP contribution in [0.3, 0.4) is 0 Å². The molecule has 0 bridgehead atoms. The third-order valence-corrected chi connectivity index (χ3v) is 4.39. The van der Waals surface area contributed by atoms with Crippen LogP contribution in [0.2, 0.25) is 0 Å². The van der Waals surface area contributed by atoms with Gasteiger partial charge in [-0.15, -0.1) is 0 Å². The summed E-state index contributed by atoms with van der Waals surface area (Å²) in [5.74, 6) is 0. The second-order valence-corrected chi connectivity index (χ2v) is 6.05. The first kappa shape index (κ1) is 14.2. The fourth-order valence-electron chi connectivity index (χ4n) is 3.34. The summed E-state index contributed by atoms with van der Waals surface area (Å²) in [6, 6.07) is 16.2. The molecule has 0 radical (unpaired) electrons. The van der Waals surface area contributed by atoms with Crippen LogP contribution in [0.15, 0.2) is 42.5 Å². The second-order valence-electron chi connectivity index (χ2n) is 6.05. The lowest BCUT2D eigenvalue weighted by Crippen LogP contribution is -2.34. The number of fused-ring (bicyclic) bond motifs is 1. The predicted molar refractivity (Wildman–Crippen MR) is 90.3 cm³/mol. The van der Waals surface area contributed by atoms with Crippen molar-refractivity contribution < 1.29 is 0 Å². The Morgan fingerprint density at radius 2 is 1.95 bits per heavy atom. The molecular weight excluding hydrogens is 256 g/mol. The summed E-state index contributed by atoms with van der Waals surface area (Å²) >= 11 is 0. The van der Waals surface area contributed by atoms with Crippen LogP contribution < -0.4 is 10.2 Å². The number of rotatable bonds is 3. The Bertz CT molecular complexity index is 633. The van der Waals surface area contributed by atoms with E-state index in [-0.39, 0.29) is 0 Å². The Hall–Kier alpha value is -1.80. The first-order chi connectivity index (χ1) is 10.2. The number of para-hydroxylation sites is 1. The maximum absolute atomic E-state index is 3.30. The summed E-state index contributed by atoms with van der Waals surface area (Å²) in [5.41, 5.74) is 6.88. The van der Waals surface area contributed by atoms with E-state index in [2.05, 4.69) is 66.5 Å². The lowest BCUT2D eigenvalue weighted by molar-refractivity contribution is 0.615. The highest BCUT2D eigenvalue weighted by molar-refractivity contribution is 5.71. The third kappa shape index (κ3) is 2.68. The van der Waals surface area contributed by atoms with Crippen LogP contribution in [0.25, 0.3) is 0 Å². The van der Waals surface area contributed by atoms with Crippen LogP contribution in [-0.4, -0.2) is 13.1 Å². The van der Waals surface area contributed by atoms with E-state index in [4.69, 9.17) is 0 Å². The van der Waals surface area contributed by atoms with Gasteiger partial charge in [0.15, 0.2) is 0 Å². The van der Waals surface area contributed by atoms with E-state index in [0.29, 0.717) is 6.04 Å². The van der Waals surface area contributed by atoms with Crippen LogP contribution in [0.4, 0.5) is 11.4 Å². The number of benzene rings is 2. The summed E-state index contributed by atoms with van der Waals surface area (Å²) in [7, 11) is 2.01. The summed E-state index contributed by atoms with van der Waals surface area (Å²) in [5, 5.41) is 3.30. The van der Waals surface area contributed by atoms with E-state index in [0.717, 1.165) is 6.54 Å². The van der Waals surface area contributed by atoms with Gasteiger partial charge in [0.1, 0.15) is 0 Å². The van der Waals surface area contributed by atoms with Crippen LogP contribution in [0.5, 0.6) is 0 Å². The van der Waals surface area contributed by atoms with Gasteiger partial charge in [-0.25, -0.2) is 0 Å². The Kier molecular flexibility index (Phi) is 3.98. The first-order valence-electron chi connectivity index (χ1n) is 7.82. The van der Waals surface area contributed by atoms with E-state index in [9.17, 15) is 0 Å². The minimum atomic E-state index is 0.540. The SMILES string of the molecule is CNCc1cc(C)ccc1N1c2ccccc2CCC1C. The number of hydrogen-bond acceptors (Lipinski definition) is 2. The molecule has 0 aromatic heterocycles. The van der Waals surface area contributed by atoms with Crippen molar-refractivity contribution in [2.45, 2.75) is 39.3 Å². The number of nitrogens with one attached hydrogen (secondary N) is 1. The van der Waals surface area contributed by atoms with Crippen molar-refractivity contribution in [1.82, 2.24) is 5.32 Å². The van der Waals surface area contributed by atoms with Gasteiger partial charge in [0.2, 0.25) is 0 Å². The number of nitrogens with zero attached hydrogens (tertiary/aromatic N) is 1. The molecule has 2 nitrogen and oxygen atoms in total. The van der Waals surface area contributed by atoms with E-state index in [1.54, 1.807) is 0 Å². The molecule has 2 aromatic rings. The fraction of sp³-hybridized carbons (Fsp3) is 0.368. The zero-order chi connectivity index (χ0) is 14.8. The normalized spacial score (nSPS) is 17.7. The molecule has 110 valence electrons. The van der Waals surface area contributed by atoms with Gasteiger partial charge < -0.3 is 10.2 Å². The maximum atomic E-state index is 3.30. The van der Waals surface area contributed by atoms with Gasteiger partial charge in [-0.1, -0.05) is 35.9 Å². The summed E-state index contributed by atoms with van der Waals surface area (Å²) in [4.78, 5) is 2.52. The van der Waals surface area contributed by atoms with Gasteiger partial charge in [-0.2, -0.15) is 0 Å². The van der Waals surface area contributed by atoms with Crippen LogP contribution >= 0.6 is 0 Å². The van der Waals surface area contributed by atoms with E-state index >= 15 is 0 Å². The van der Waals surface area contributed by atoms with Crippen LogP contribution in [0.1, 0.15) is 30.0 Å². The average Bonchev–Trinajstić information content (AvgIpc) is 2.49. The monoisotopic (exact) mass is 280 g/mol. The molecule has 21 heavy (non-hydrogen) atoms. The standard InChI is InChI=1S/C19H24N2/c1-14-8-11-19(17(12-14)13-20-3)21-15(2)9-10-16-6-4-5-7-18(16)21/h4-8,11-12,15,20H,9-10,13H2,1-3H3. The van der Waals surface area contributed by atoms with Gasteiger partial charge in [0, 0.05) is 24.0 Å². The second kappa shape index (κ2) is 5.90. The molecule has 1 unspecified atom stereocenters. The van der Waals surface area contributed by atoms with Crippen LogP contribution in [-0.2, 0) is 13.0 Å². The van der Waals surface area contributed by atoms with Gasteiger partial charge in [-0.05, 0) is 57.0 Å². The van der Waals surface area contributed by atoms with Crippen molar-refractivity contribution >= 4 is 11.4 Å². The molecule has 0 saturated heterocycles. The zero-order valence-corrected chi connectivity index (χ0v) is 13.2. The quantitative estimate of drug-likeness (QED) is 0.907. The highest BCUT2D eigenvalue weighted by Gasteiger charge is 2.25. The Labute approximate surface area is 127 Å². The van der Waals surface area contributed by atoms with Crippen molar-refractivity contribution in [2.24, 2.45) is 0 Å². The van der Waals surface area contributed by atoms with E-state index < -0.39 is 0 Å². The molecule has 2 aromatic carbocycles. The molecule has 1 aliphatic rings. The molecule has 0 fully saturated rings. The highest BCUT2D eigenvalue weighted by atomic mass is 15.2. The van der Waals surface area contributed by atoms with Gasteiger partial charge >= 0.3 is 0 Å². The minimum Gasteiger partial charge on any atom is -0.338 e. The Morgan fingerprint density at radius 3 is 2.76 bits per heavy atom. The zero-order valence-electron chi connectivity index (χ0n) is 13.2. The van der Waals surface area contributed by atoms with Crippen molar-refractivity contribution in [1.29, 1.82) is 0 Å². The third-order valence-electron chi connectivity index (χ3n) is 4.39. The first-order valence-corrected chi connectivity index (χ1v) is 7.82. The van der Waals surface area contributed by atoms with Crippen molar-refractivity contribution in [3.8, 4) is 0 Å². The molecule has 1 heterocycles. The number of aryl methyl sites for hydroxylation is 2.